The lowest BCUT2D eigenvalue weighted by Gasteiger charge is -2.28. The highest BCUT2D eigenvalue weighted by Crippen LogP contribution is 2.18. The molecule has 1 aliphatic rings. The number of nitrogens with one attached hydrogen (secondary N) is 2. The van der Waals surface area contributed by atoms with Crippen LogP contribution in [0.1, 0.15) is 23.7 Å². The molecule has 3 N–H and O–H groups in total. The summed E-state index contributed by atoms with van der Waals surface area (Å²) in [5.74, 6) is -0.683. The van der Waals surface area contributed by atoms with E-state index < -0.39 is 11.7 Å². The van der Waals surface area contributed by atoms with E-state index in [0.29, 0.717) is 12.5 Å². The van der Waals surface area contributed by atoms with Gasteiger partial charge in [-0.2, -0.15) is 0 Å². The Morgan fingerprint density at radius 3 is 3.00 bits per heavy atom. The lowest BCUT2D eigenvalue weighted by molar-refractivity contribution is 0.0922. The maximum atomic E-state index is 13.0. The number of phenols is 1. The fourth-order valence-corrected chi connectivity index (χ4v) is 2.22. The largest absolute Gasteiger partial charge is 0.507 e. The molecule has 2 atom stereocenters. The molecule has 0 spiro atoms. The second kappa shape index (κ2) is 5.35. The quantitative estimate of drug-likeness (QED) is 0.742. The van der Waals surface area contributed by atoms with E-state index in [-0.39, 0.29) is 17.4 Å². The highest BCUT2D eigenvalue weighted by molar-refractivity contribution is 5.97. The first-order chi connectivity index (χ1) is 8.56. The summed E-state index contributed by atoms with van der Waals surface area (Å²) in [5.41, 5.74) is -0.0202. The lowest BCUT2D eigenvalue weighted by atomic mass is 9.97. The summed E-state index contributed by atoms with van der Waals surface area (Å²) < 4.78 is 13.0. The molecule has 0 bridgehead atoms. The minimum atomic E-state index is -0.534. The SMILES string of the molecule is CC1CNCC(NC(=O)c2cc(F)ccc2O)C1. The van der Waals surface area contributed by atoms with Gasteiger partial charge in [0.1, 0.15) is 11.6 Å². The minimum Gasteiger partial charge on any atom is -0.507 e. The van der Waals surface area contributed by atoms with Crippen molar-refractivity contribution in [2.24, 2.45) is 5.92 Å². The number of benzene rings is 1. The van der Waals surface area contributed by atoms with Crippen LogP contribution in [0.15, 0.2) is 18.2 Å². The molecular weight excluding hydrogens is 235 g/mol. The average Bonchev–Trinajstić information content (AvgIpc) is 2.32. The molecule has 1 aliphatic heterocycles. The zero-order valence-corrected chi connectivity index (χ0v) is 10.2. The normalized spacial score (nSPS) is 23.7. The number of piperidine rings is 1. The van der Waals surface area contributed by atoms with Gasteiger partial charge in [-0.15, -0.1) is 0 Å². The molecule has 0 aliphatic carbocycles. The van der Waals surface area contributed by atoms with Gasteiger partial charge < -0.3 is 15.7 Å². The third kappa shape index (κ3) is 2.98. The van der Waals surface area contributed by atoms with E-state index in [1.807, 2.05) is 0 Å². The molecule has 0 radical (unpaired) electrons. The summed E-state index contributed by atoms with van der Waals surface area (Å²) in [6, 6.07) is 3.37. The predicted molar refractivity (Wildman–Crippen MR) is 66.0 cm³/mol. The van der Waals surface area contributed by atoms with Gasteiger partial charge in [0, 0.05) is 12.6 Å². The molecule has 1 heterocycles. The van der Waals surface area contributed by atoms with Crippen molar-refractivity contribution in [3.8, 4) is 5.75 Å². The Balaban J connectivity index is 2.05. The molecule has 1 aromatic carbocycles. The number of hydrogen-bond donors (Lipinski definition) is 3. The smallest absolute Gasteiger partial charge is 0.255 e. The Hall–Kier alpha value is -1.62. The van der Waals surface area contributed by atoms with Gasteiger partial charge in [-0.1, -0.05) is 6.92 Å². The van der Waals surface area contributed by atoms with Crippen molar-refractivity contribution < 1.29 is 14.3 Å². The van der Waals surface area contributed by atoms with E-state index in [4.69, 9.17) is 0 Å². The van der Waals surface area contributed by atoms with Crippen molar-refractivity contribution in [2.75, 3.05) is 13.1 Å². The summed E-state index contributed by atoms with van der Waals surface area (Å²) in [4.78, 5) is 11.9. The summed E-state index contributed by atoms with van der Waals surface area (Å²) >= 11 is 0. The number of halogens is 1. The molecular formula is C13H17FN2O2. The Bertz CT molecular complexity index is 451. The molecule has 1 amide bonds. The molecule has 98 valence electrons. The number of amides is 1. The van der Waals surface area contributed by atoms with Crippen LogP contribution >= 0.6 is 0 Å². The molecule has 4 nitrogen and oxygen atoms in total. The topological polar surface area (TPSA) is 61.4 Å². The summed E-state index contributed by atoms with van der Waals surface area (Å²) in [7, 11) is 0. The van der Waals surface area contributed by atoms with Crippen LogP contribution in [0.3, 0.4) is 0 Å². The molecule has 0 saturated carbocycles. The molecule has 2 rings (SSSR count). The molecule has 18 heavy (non-hydrogen) atoms. The fourth-order valence-electron chi connectivity index (χ4n) is 2.22. The predicted octanol–water partition coefficient (Wildman–Crippen LogP) is 1.26. The molecule has 1 saturated heterocycles. The maximum absolute atomic E-state index is 13.0. The van der Waals surface area contributed by atoms with Gasteiger partial charge in [0.05, 0.1) is 5.56 Å². The first-order valence-corrected chi connectivity index (χ1v) is 6.06. The average molecular weight is 252 g/mol. The van der Waals surface area contributed by atoms with Crippen molar-refractivity contribution in [2.45, 2.75) is 19.4 Å². The third-order valence-corrected chi connectivity index (χ3v) is 3.11. The van der Waals surface area contributed by atoms with E-state index in [2.05, 4.69) is 17.6 Å². The zero-order chi connectivity index (χ0) is 13.1. The van der Waals surface area contributed by atoms with E-state index in [0.717, 1.165) is 25.1 Å². The second-order valence-electron chi connectivity index (χ2n) is 4.83. The number of carbonyl (C=O) groups is 1. The van der Waals surface area contributed by atoms with Crippen LogP contribution in [0.4, 0.5) is 4.39 Å². The van der Waals surface area contributed by atoms with Gasteiger partial charge >= 0.3 is 0 Å². The summed E-state index contributed by atoms with van der Waals surface area (Å²) in [6.45, 7) is 3.74. The molecule has 1 aromatic rings. The Kier molecular flexibility index (Phi) is 3.81. The number of rotatable bonds is 2. The van der Waals surface area contributed by atoms with Crippen LogP contribution < -0.4 is 10.6 Å². The van der Waals surface area contributed by atoms with Crippen LogP contribution in [-0.2, 0) is 0 Å². The molecule has 5 heteroatoms. The molecule has 1 fully saturated rings. The van der Waals surface area contributed by atoms with Crippen molar-refractivity contribution in [3.63, 3.8) is 0 Å². The highest BCUT2D eigenvalue weighted by Gasteiger charge is 2.21. The van der Waals surface area contributed by atoms with E-state index >= 15 is 0 Å². The number of carbonyl (C=O) groups excluding carboxylic acids is 1. The minimum absolute atomic E-state index is 0.0175. The Labute approximate surface area is 105 Å². The molecule has 2 unspecified atom stereocenters. The van der Waals surface area contributed by atoms with Crippen molar-refractivity contribution in [1.82, 2.24) is 10.6 Å². The van der Waals surface area contributed by atoms with Crippen LogP contribution in [0.25, 0.3) is 0 Å². The van der Waals surface area contributed by atoms with E-state index in [1.165, 1.54) is 6.07 Å². The lowest BCUT2D eigenvalue weighted by Crippen LogP contribution is -2.48. The van der Waals surface area contributed by atoms with Crippen molar-refractivity contribution in [3.05, 3.63) is 29.6 Å². The highest BCUT2D eigenvalue weighted by atomic mass is 19.1. The third-order valence-electron chi connectivity index (χ3n) is 3.11. The zero-order valence-electron chi connectivity index (χ0n) is 10.2. The van der Waals surface area contributed by atoms with Gasteiger partial charge in [0.15, 0.2) is 0 Å². The van der Waals surface area contributed by atoms with Crippen LogP contribution in [0.5, 0.6) is 5.75 Å². The van der Waals surface area contributed by atoms with Gasteiger partial charge in [0.25, 0.3) is 5.91 Å². The summed E-state index contributed by atoms with van der Waals surface area (Å²) in [6.07, 6.45) is 0.884. The maximum Gasteiger partial charge on any atom is 0.255 e. The van der Waals surface area contributed by atoms with Crippen molar-refractivity contribution >= 4 is 5.91 Å². The van der Waals surface area contributed by atoms with Gasteiger partial charge in [0.2, 0.25) is 0 Å². The molecule has 0 aromatic heterocycles. The standard InChI is InChI=1S/C13H17FN2O2/c1-8-4-10(7-15-6-8)16-13(18)11-5-9(14)2-3-12(11)17/h2-3,5,8,10,15,17H,4,6-7H2,1H3,(H,16,18). The Morgan fingerprint density at radius 1 is 1.50 bits per heavy atom. The van der Waals surface area contributed by atoms with Gasteiger partial charge in [-0.05, 0) is 37.1 Å². The first-order valence-electron chi connectivity index (χ1n) is 6.06. The van der Waals surface area contributed by atoms with Crippen molar-refractivity contribution in [1.29, 1.82) is 0 Å². The first kappa shape index (κ1) is 12.8. The van der Waals surface area contributed by atoms with Gasteiger partial charge in [-0.25, -0.2) is 4.39 Å². The van der Waals surface area contributed by atoms with Crippen LogP contribution in [0.2, 0.25) is 0 Å². The monoisotopic (exact) mass is 252 g/mol. The fraction of sp³-hybridized carbons (Fsp3) is 0.462. The second-order valence-corrected chi connectivity index (χ2v) is 4.83. The van der Waals surface area contributed by atoms with E-state index in [1.54, 1.807) is 0 Å². The Morgan fingerprint density at radius 2 is 2.28 bits per heavy atom. The van der Waals surface area contributed by atoms with Crippen LogP contribution in [0, 0.1) is 11.7 Å². The summed E-state index contributed by atoms with van der Waals surface area (Å²) in [5, 5.41) is 15.6. The van der Waals surface area contributed by atoms with Crippen LogP contribution in [-0.4, -0.2) is 30.1 Å². The number of phenolic OH excluding ortho intramolecular Hbond substituents is 1. The van der Waals surface area contributed by atoms with Gasteiger partial charge in [-0.3, -0.25) is 4.79 Å². The van der Waals surface area contributed by atoms with E-state index in [9.17, 15) is 14.3 Å². The number of aromatic hydroxyl groups is 1. The number of hydrogen-bond acceptors (Lipinski definition) is 3.